The molecule has 8 heteroatoms. The smallest absolute Gasteiger partial charge is 0.408 e. The maximum atomic E-state index is 12.0. The van der Waals surface area contributed by atoms with Gasteiger partial charge in [-0.2, -0.15) is 0 Å². The van der Waals surface area contributed by atoms with E-state index in [0.717, 1.165) is 5.56 Å². The van der Waals surface area contributed by atoms with Crippen LogP contribution in [0.2, 0.25) is 0 Å². The minimum atomic E-state index is -0.549. The normalized spacial score (nSPS) is 12.2. The number of amides is 2. The van der Waals surface area contributed by atoms with Gasteiger partial charge in [-0.25, -0.2) is 9.79 Å². The standard InChI is InChI=1S/C22H37N5O3/c1-8-23-18(28)17-12-10-11-16(13-17)14-25-19(24-9-2)26-15-22(6,7)27-20(29)30-21(3,4)5/h10-13H,8-9,14-15H2,1-7H3,(H,23,28)(H,27,29)(H2,24,25,26). The summed E-state index contributed by atoms with van der Waals surface area (Å²) in [6, 6.07) is 7.41. The molecule has 0 aliphatic carbocycles. The number of hydrogen-bond donors (Lipinski definition) is 4. The summed E-state index contributed by atoms with van der Waals surface area (Å²) < 4.78 is 5.32. The predicted molar refractivity (Wildman–Crippen MR) is 121 cm³/mol. The van der Waals surface area contributed by atoms with E-state index in [9.17, 15) is 9.59 Å². The maximum absolute atomic E-state index is 12.0. The van der Waals surface area contributed by atoms with Crippen molar-refractivity contribution in [2.75, 3.05) is 19.6 Å². The fourth-order valence-electron chi connectivity index (χ4n) is 2.51. The number of ether oxygens (including phenoxy) is 1. The molecule has 1 aromatic carbocycles. The van der Waals surface area contributed by atoms with Gasteiger partial charge >= 0.3 is 6.09 Å². The van der Waals surface area contributed by atoms with Gasteiger partial charge in [-0.15, -0.1) is 0 Å². The molecule has 0 spiro atoms. The van der Waals surface area contributed by atoms with E-state index < -0.39 is 17.2 Å². The van der Waals surface area contributed by atoms with Crippen LogP contribution in [0.5, 0.6) is 0 Å². The van der Waals surface area contributed by atoms with Gasteiger partial charge in [-0.3, -0.25) is 4.79 Å². The Kier molecular flexibility index (Phi) is 9.62. The monoisotopic (exact) mass is 419 g/mol. The van der Waals surface area contributed by atoms with Gasteiger partial charge < -0.3 is 26.0 Å². The molecule has 0 saturated carbocycles. The lowest BCUT2D eigenvalue weighted by Gasteiger charge is -2.29. The Balaban J connectivity index is 2.73. The molecular weight excluding hydrogens is 382 g/mol. The Bertz CT molecular complexity index is 739. The molecule has 1 aromatic rings. The highest BCUT2D eigenvalue weighted by Gasteiger charge is 2.24. The van der Waals surface area contributed by atoms with Crippen molar-refractivity contribution in [1.82, 2.24) is 21.3 Å². The van der Waals surface area contributed by atoms with Gasteiger partial charge in [0.1, 0.15) is 5.60 Å². The highest BCUT2D eigenvalue weighted by molar-refractivity contribution is 5.94. The molecule has 168 valence electrons. The summed E-state index contributed by atoms with van der Waals surface area (Å²) in [6.45, 7) is 15.3. The van der Waals surface area contributed by atoms with E-state index >= 15 is 0 Å². The number of aliphatic imine (C=N–C) groups is 1. The fraction of sp³-hybridized carbons (Fsp3) is 0.591. The third-order valence-corrected chi connectivity index (χ3v) is 3.83. The first kappa shape index (κ1) is 25.3. The highest BCUT2D eigenvalue weighted by atomic mass is 16.6. The summed E-state index contributed by atoms with van der Waals surface area (Å²) in [7, 11) is 0. The van der Waals surface area contributed by atoms with Crippen LogP contribution in [0.25, 0.3) is 0 Å². The molecule has 0 fully saturated rings. The first-order valence-corrected chi connectivity index (χ1v) is 10.4. The molecule has 0 bridgehead atoms. The minimum absolute atomic E-state index is 0.0941. The van der Waals surface area contributed by atoms with E-state index in [0.29, 0.717) is 37.7 Å². The molecule has 2 amide bonds. The van der Waals surface area contributed by atoms with Gasteiger partial charge in [0.15, 0.2) is 5.96 Å². The number of hydrogen-bond acceptors (Lipinski definition) is 4. The third kappa shape index (κ3) is 10.1. The molecule has 30 heavy (non-hydrogen) atoms. The Hall–Kier alpha value is -2.77. The highest BCUT2D eigenvalue weighted by Crippen LogP contribution is 2.09. The number of nitrogens with zero attached hydrogens (tertiary/aromatic N) is 1. The zero-order valence-corrected chi connectivity index (χ0v) is 19.3. The quantitative estimate of drug-likeness (QED) is 0.383. The fourth-order valence-corrected chi connectivity index (χ4v) is 2.51. The molecule has 0 aliphatic rings. The number of carbonyl (C=O) groups is 2. The lowest BCUT2D eigenvalue weighted by atomic mass is 10.1. The summed E-state index contributed by atoms with van der Waals surface area (Å²) in [5, 5.41) is 12.1. The molecular formula is C22H37N5O3. The molecule has 1 rings (SSSR count). The van der Waals surface area contributed by atoms with Gasteiger partial charge in [0, 0.05) is 25.2 Å². The molecule has 8 nitrogen and oxygen atoms in total. The average Bonchev–Trinajstić information content (AvgIpc) is 2.62. The second kappa shape index (κ2) is 11.4. The Morgan fingerprint density at radius 2 is 1.67 bits per heavy atom. The van der Waals surface area contributed by atoms with Gasteiger partial charge in [0.25, 0.3) is 5.91 Å². The van der Waals surface area contributed by atoms with Crippen molar-refractivity contribution in [2.24, 2.45) is 4.99 Å². The molecule has 0 aliphatic heterocycles. The van der Waals surface area contributed by atoms with E-state index in [1.54, 1.807) is 6.07 Å². The number of guanidine groups is 1. The van der Waals surface area contributed by atoms with E-state index in [1.807, 2.05) is 66.7 Å². The van der Waals surface area contributed by atoms with E-state index in [-0.39, 0.29) is 5.91 Å². The minimum Gasteiger partial charge on any atom is -0.444 e. The van der Waals surface area contributed by atoms with E-state index in [1.165, 1.54) is 0 Å². The molecule has 0 saturated heterocycles. The molecule has 0 heterocycles. The molecule has 0 aromatic heterocycles. The first-order chi connectivity index (χ1) is 14.0. The van der Waals surface area contributed by atoms with Crippen molar-refractivity contribution in [1.29, 1.82) is 0 Å². The Labute approximate surface area is 180 Å². The van der Waals surface area contributed by atoms with Crippen molar-refractivity contribution in [3.05, 3.63) is 35.4 Å². The van der Waals surface area contributed by atoms with Crippen LogP contribution in [0.3, 0.4) is 0 Å². The summed E-state index contributed by atoms with van der Waals surface area (Å²) in [4.78, 5) is 28.6. The first-order valence-electron chi connectivity index (χ1n) is 10.4. The van der Waals surface area contributed by atoms with Crippen molar-refractivity contribution in [3.63, 3.8) is 0 Å². The van der Waals surface area contributed by atoms with Crippen LogP contribution < -0.4 is 21.3 Å². The van der Waals surface area contributed by atoms with Crippen molar-refractivity contribution < 1.29 is 14.3 Å². The summed E-state index contributed by atoms with van der Waals surface area (Å²) in [6.07, 6.45) is -0.460. The maximum Gasteiger partial charge on any atom is 0.408 e. The van der Waals surface area contributed by atoms with E-state index in [2.05, 4.69) is 26.3 Å². The molecule has 0 unspecified atom stereocenters. The number of carbonyl (C=O) groups excluding carboxylic acids is 2. The SMILES string of the molecule is CCNC(=O)c1cccc(CN=C(NCC)NCC(C)(C)NC(=O)OC(C)(C)C)c1. The van der Waals surface area contributed by atoms with Crippen molar-refractivity contribution in [3.8, 4) is 0 Å². The Morgan fingerprint density at radius 3 is 2.27 bits per heavy atom. The second-order valence-electron chi connectivity index (χ2n) is 8.62. The zero-order valence-electron chi connectivity index (χ0n) is 19.3. The summed E-state index contributed by atoms with van der Waals surface area (Å²) in [5.41, 5.74) is 0.454. The predicted octanol–water partition coefficient (Wildman–Crippen LogP) is 2.79. The topological polar surface area (TPSA) is 104 Å². The number of alkyl carbamates (subject to hydrolysis) is 1. The van der Waals surface area contributed by atoms with Crippen molar-refractivity contribution >= 4 is 18.0 Å². The number of rotatable bonds is 8. The van der Waals surface area contributed by atoms with Crippen LogP contribution in [0.1, 0.15) is 64.4 Å². The van der Waals surface area contributed by atoms with Gasteiger partial charge in [-0.1, -0.05) is 12.1 Å². The van der Waals surface area contributed by atoms with Crippen LogP contribution in [0.4, 0.5) is 4.79 Å². The molecule has 4 N–H and O–H groups in total. The average molecular weight is 420 g/mol. The second-order valence-corrected chi connectivity index (χ2v) is 8.62. The van der Waals surface area contributed by atoms with Crippen LogP contribution in [0, 0.1) is 0 Å². The Morgan fingerprint density at radius 1 is 1.00 bits per heavy atom. The van der Waals surface area contributed by atoms with Crippen LogP contribution >= 0.6 is 0 Å². The van der Waals surface area contributed by atoms with Crippen LogP contribution in [-0.2, 0) is 11.3 Å². The van der Waals surface area contributed by atoms with Crippen molar-refractivity contribution in [2.45, 2.75) is 66.2 Å². The largest absolute Gasteiger partial charge is 0.444 e. The lowest BCUT2D eigenvalue weighted by Crippen LogP contribution is -2.54. The van der Waals surface area contributed by atoms with E-state index in [4.69, 9.17) is 4.74 Å². The van der Waals surface area contributed by atoms with Gasteiger partial charge in [0.05, 0.1) is 12.1 Å². The zero-order chi connectivity index (χ0) is 22.8. The summed E-state index contributed by atoms with van der Waals surface area (Å²) >= 11 is 0. The summed E-state index contributed by atoms with van der Waals surface area (Å²) in [5.74, 6) is 0.531. The van der Waals surface area contributed by atoms with Crippen LogP contribution in [-0.4, -0.2) is 48.7 Å². The van der Waals surface area contributed by atoms with Crippen LogP contribution in [0.15, 0.2) is 29.3 Å². The van der Waals surface area contributed by atoms with Gasteiger partial charge in [0.2, 0.25) is 0 Å². The third-order valence-electron chi connectivity index (χ3n) is 3.83. The molecule has 0 atom stereocenters. The number of benzene rings is 1. The molecule has 0 radical (unpaired) electrons. The van der Waals surface area contributed by atoms with Gasteiger partial charge in [-0.05, 0) is 66.2 Å². The number of nitrogens with one attached hydrogen (secondary N) is 4. The lowest BCUT2D eigenvalue weighted by molar-refractivity contribution is 0.0473.